The molecule has 0 heterocycles. The highest BCUT2D eigenvalue weighted by atomic mass is 19.4. The summed E-state index contributed by atoms with van der Waals surface area (Å²) in [5.74, 6) is -6.26. The Kier molecular flexibility index (Phi) is 4.61. The molecule has 0 bridgehead atoms. The van der Waals surface area contributed by atoms with Crippen LogP contribution in [0.25, 0.3) is 0 Å². The zero-order valence-corrected chi connectivity index (χ0v) is 9.42. The second-order valence-electron chi connectivity index (χ2n) is 3.45. The van der Waals surface area contributed by atoms with E-state index in [2.05, 4.69) is 4.84 Å². The Morgan fingerprint density at radius 3 is 2.10 bits per heavy atom. The van der Waals surface area contributed by atoms with Crippen LogP contribution in [0.4, 0.5) is 22.0 Å². The van der Waals surface area contributed by atoms with Gasteiger partial charge < -0.3 is 5.11 Å². The number of carboxylic acid groups (broad SMARTS) is 1. The Hall–Kier alpha value is -2.23. The third-order valence-electron chi connectivity index (χ3n) is 1.94. The number of carboxylic acids is 1. The number of amides is 1. The topological polar surface area (TPSA) is 75.6 Å². The van der Waals surface area contributed by atoms with E-state index in [1.54, 1.807) is 0 Å². The molecule has 0 aliphatic rings. The zero-order chi connectivity index (χ0) is 15.5. The van der Waals surface area contributed by atoms with E-state index in [-0.39, 0.29) is 12.1 Å². The van der Waals surface area contributed by atoms with E-state index in [4.69, 9.17) is 5.11 Å². The number of hydroxylamine groups is 1. The van der Waals surface area contributed by atoms with Gasteiger partial charge in [-0.05, 0) is 12.1 Å². The van der Waals surface area contributed by atoms with Crippen LogP contribution in [0.2, 0.25) is 0 Å². The fourth-order valence-corrected chi connectivity index (χ4v) is 1.15. The molecular formula is C10H6F5NO4. The highest BCUT2D eigenvalue weighted by molar-refractivity contribution is 6.04. The summed E-state index contributed by atoms with van der Waals surface area (Å²) in [7, 11) is 0. The Morgan fingerprint density at radius 1 is 1.15 bits per heavy atom. The van der Waals surface area contributed by atoms with Crippen molar-refractivity contribution in [3.8, 4) is 0 Å². The minimum Gasteiger partial charge on any atom is -0.478 e. The molecule has 0 aliphatic heterocycles. The van der Waals surface area contributed by atoms with Gasteiger partial charge in [-0.25, -0.2) is 19.1 Å². The second kappa shape index (κ2) is 5.82. The normalized spacial score (nSPS) is 11.2. The van der Waals surface area contributed by atoms with Gasteiger partial charge in [0.25, 0.3) is 5.91 Å². The first kappa shape index (κ1) is 15.8. The van der Waals surface area contributed by atoms with Crippen LogP contribution in [-0.4, -0.2) is 29.8 Å². The van der Waals surface area contributed by atoms with E-state index in [1.165, 1.54) is 5.48 Å². The summed E-state index contributed by atoms with van der Waals surface area (Å²) in [4.78, 5) is 25.9. The van der Waals surface area contributed by atoms with Gasteiger partial charge in [0.1, 0.15) is 0 Å². The average molecular weight is 299 g/mol. The van der Waals surface area contributed by atoms with Crippen LogP contribution < -0.4 is 5.48 Å². The summed E-state index contributed by atoms with van der Waals surface area (Å²) in [5.41, 5.74) is -0.510. The molecule has 110 valence electrons. The Balaban J connectivity index is 2.92. The van der Waals surface area contributed by atoms with Gasteiger partial charge in [-0.2, -0.15) is 13.2 Å². The third kappa shape index (κ3) is 4.16. The predicted octanol–water partition coefficient (Wildman–Crippen LogP) is 1.89. The molecule has 1 amide bonds. The van der Waals surface area contributed by atoms with Crippen LogP contribution in [0.15, 0.2) is 12.1 Å². The highest BCUT2D eigenvalue weighted by Crippen LogP contribution is 2.16. The maximum absolute atomic E-state index is 12.9. The SMILES string of the molecule is O=C(O)c1cc(F)c(F)cc1C(=O)NOCC(F)(F)F. The van der Waals surface area contributed by atoms with E-state index in [0.29, 0.717) is 0 Å². The number of nitrogens with one attached hydrogen (secondary N) is 1. The lowest BCUT2D eigenvalue weighted by molar-refractivity contribution is -0.184. The number of aromatic carboxylic acids is 1. The van der Waals surface area contributed by atoms with Crippen LogP contribution in [-0.2, 0) is 4.84 Å². The number of benzene rings is 1. The molecule has 1 aromatic carbocycles. The molecule has 0 fully saturated rings. The molecule has 1 rings (SSSR count). The predicted molar refractivity (Wildman–Crippen MR) is 52.8 cm³/mol. The summed E-state index contributed by atoms with van der Waals surface area (Å²) in [6, 6.07) is 0.474. The largest absolute Gasteiger partial charge is 0.478 e. The maximum atomic E-state index is 12.9. The van der Waals surface area contributed by atoms with Gasteiger partial charge in [-0.3, -0.25) is 9.63 Å². The van der Waals surface area contributed by atoms with Crippen molar-refractivity contribution in [2.45, 2.75) is 6.18 Å². The van der Waals surface area contributed by atoms with Gasteiger partial charge in [-0.1, -0.05) is 0 Å². The number of carbonyl (C=O) groups is 2. The van der Waals surface area contributed by atoms with Gasteiger partial charge in [-0.15, -0.1) is 0 Å². The monoisotopic (exact) mass is 299 g/mol. The van der Waals surface area contributed by atoms with E-state index in [1.807, 2.05) is 0 Å². The molecule has 10 heteroatoms. The number of hydrogen-bond acceptors (Lipinski definition) is 3. The average Bonchev–Trinajstić information content (AvgIpc) is 2.29. The van der Waals surface area contributed by atoms with E-state index < -0.39 is 47.4 Å². The molecule has 0 unspecified atom stereocenters. The Morgan fingerprint density at radius 2 is 1.65 bits per heavy atom. The van der Waals surface area contributed by atoms with Gasteiger partial charge in [0.15, 0.2) is 18.2 Å². The van der Waals surface area contributed by atoms with Crippen molar-refractivity contribution in [3.63, 3.8) is 0 Å². The molecule has 0 aromatic heterocycles. The van der Waals surface area contributed by atoms with Crippen molar-refractivity contribution in [3.05, 3.63) is 34.9 Å². The van der Waals surface area contributed by atoms with E-state index >= 15 is 0 Å². The fraction of sp³-hybridized carbons (Fsp3) is 0.200. The second-order valence-corrected chi connectivity index (χ2v) is 3.45. The molecule has 0 radical (unpaired) electrons. The van der Waals surface area contributed by atoms with Gasteiger partial charge in [0.05, 0.1) is 11.1 Å². The van der Waals surface area contributed by atoms with Gasteiger partial charge in [0, 0.05) is 0 Å². The molecule has 0 spiro atoms. The minimum atomic E-state index is -4.73. The van der Waals surface area contributed by atoms with Crippen LogP contribution >= 0.6 is 0 Å². The minimum absolute atomic E-state index is 0.232. The summed E-state index contributed by atoms with van der Waals surface area (Å²) in [6.07, 6.45) is -4.73. The first-order chi connectivity index (χ1) is 9.11. The first-order valence-electron chi connectivity index (χ1n) is 4.83. The molecule has 1 aromatic rings. The first-order valence-corrected chi connectivity index (χ1v) is 4.83. The van der Waals surface area contributed by atoms with Crippen LogP contribution in [0.5, 0.6) is 0 Å². The van der Waals surface area contributed by atoms with Gasteiger partial charge >= 0.3 is 12.1 Å². The molecule has 0 saturated heterocycles. The number of rotatable bonds is 4. The van der Waals surface area contributed by atoms with Crippen molar-refractivity contribution in [1.82, 2.24) is 5.48 Å². The summed E-state index contributed by atoms with van der Waals surface area (Å²) in [6.45, 7) is -1.83. The Bertz CT molecular complexity index is 543. The lowest BCUT2D eigenvalue weighted by atomic mass is 10.1. The lowest BCUT2D eigenvalue weighted by Crippen LogP contribution is -2.30. The molecule has 5 nitrogen and oxygen atoms in total. The molecule has 0 aliphatic carbocycles. The molecule has 0 saturated carbocycles. The number of hydrogen-bond donors (Lipinski definition) is 2. The maximum Gasteiger partial charge on any atom is 0.414 e. The zero-order valence-electron chi connectivity index (χ0n) is 9.42. The van der Waals surface area contributed by atoms with Crippen molar-refractivity contribution in [2.75, 3.05) is 6.61 Å². The summed E-state index contributed by atoms with van der Waals surface area (Å²) in [5, 5.41) is 8.69. The molecule has 2 N–H and O–H groups in total. The standard InChI is InChI=1S/C10H6F5NO4/c11-6-1-4(5(9(18)19)2-7(6)12)8(17)16-20-3-10(13,14)15/h1-2H,3H2,(H,16,17)(H,18,19). The Labute approximate surface area is 107 Å². The van der Waals surface area contributed by atoms with E-state index in [0.717, 1.165) is 0 Å². The summed E-state index contributed by atoms with van der Waals surface area (Å²) >= 11 is 0. The lowest BCUT2D eigenvalue weighted by Gasteiger charge is -2.10. The van der Waals surface area contributed by atoms with Crippen molar-refractivity contribution >= 4 is 11.9 Å². The number of alkyl halides is 3. The number of carbonyl (C=O) groups excluding carboxylic acids is 1. The molecular weight excluding hydrogens is 293 g/mol. The fourth-order valence-electron chi connectivity index (χ4n) is 1.15. The summed E-state index contributed by atoms with van der Waals surface area (Å²) < 4.78 is 61.0. The van der Waals surface area contributed by atoms with Crippen LogP contribution in [0.3, 0.4) is 0 Å². The van der Waals surface area contributed by atoms with Crippen LogP contribution in [0, 0.1) is 11.6 Å². The third-order valence-corrected chi connectivity index (χ3v) is 1.94. The van der Waals surface area contributed by atoms with Gasteiger partial charge in [0.2, 0.25) is 0 Å². The van der Waals surface area contributed by atoms with Crippen molar-refractivity contribution in [1.29, 1.82) is 0 Å². The van der Waals surface area contributed by atoms with Crippen molar-refractivity contribution < 1.29 is 41.5 Å². The molecule has 0 atom stereocenters. The highest BCUT2D eigenvalue weighted by Gasteiger charge is 2.29. The van der Waals surface area contributed by atoms with Crippen LogP contribution in [0.1, 0.15) is 20.7 Å². The quantitative estimate of drug-likeness (QED) is 0.657. The van der Waals surface area contributed by atoms with E-state index in [9.17, 15) is 31.5 Å². The number of halogens is 5. The van der Waals surface area contributed by atoms with Crippen molar-refractivity contribution in [2.24, 2.45) is 0 Å². The molecule has 20 heavy (non-hydrogen) atoms. The smallest absolute Gasteiger partial charge is 0.414 e.